The number of nitrogens with zero attached hydrogens (tertiary/aromatic N) is 1. The van der Waals surface area contributed by atoms with E-state index >= 15 is 0 Å². The summed E-state index contributed by atoms with van der Waals surface area (Å²) in [5.74, 6) is 0.448. The Hall–Kier alpha value is -0.0600. The van der Waals surface area contributed by atoms with Crippen LogP contribution in [0.3, 0.4) is 0 Å². The van der Waals surface area contributed by atoms with Crippen molar-refractivity contribution in [3.8, 4) is 0 Å². The molecule has 1 aliphatic heterocycles. The molecule has 1 aliphatic rings. The normalized spacial score (nSPS) is 29.8. The maximum Gasteiger partial charge on any atom is 0.0600 e. The van der Waals surface area contributed by atoms with Crippen LogP contribution in [0, 0.1) is 0 Å². The predicted octanol–water partition coefficient (Wildman–Crippen LogP) is 1.52. The highest BCUT2D eigenvalue weighted by molar-refractivity contribution is 8.23. The van der Waals surface area contributed by atoms with E-state index in [9.17, 15) is 0 Å². The molecule has 0 aliphatic carbocycles. The number of rotatable bonds is 0. The van der Waals surface area contributed by atoms with Gasteiger partial charge in [0.15, 0.2) is 0 Å². The highest BCUT2D eigenvalue weighted by atomic mass is 32.3. The van der Waals surface area contributed by atoms with E-state index in [-0.39, 0.29) is 0 Å². The van der Waals surface area contributed by atoms with E-state index in [0.29, 0.717) is 5.75 Å². The van der Waals surface area contributed by atoms with Gasteiger partial charge in [-0.3, -0.25) is 9.11 Å². The highest BCUT2D eigenvalue weighted by Crippen LogP contribution is 2.42. The Bertz CT molecular complexity index is 113. The third-order valence-corrected chi connectivity index (χ3v) is 2.32. The summed E-state index contributed by atoms with van der Waals surface area (Å²) < 4.78 is 21.2. The minimum absolute atomic E-state index is 0.448. The summed E-state index contributed by atoms with van der Waals surface area (Å²) >= 11 is 0. The Morgan fingerprint density at radius 2 is 2.25 bits per heavy atom. The zero-order valence-electron chi connectivity index (χ0n) is 4.45. The lowest BCUT2D eigenvalue weighted by molar-refractivity contribution is 0.485. The first-order valence-corrected chi connectivity index (χ1v) is 4.18. The molecule has 1 rings (SSSR count). The van der Waals surface area contributed by atoms with E-state index in [1.807, 2.05) is 0 Å². The van der Waals surface area contributed by atoms with Gasteiger partial charge in [-0.05, 0) is 12.8 Å². The first kappa shape index (κ1) is 6.07. The molecule has 0 unspecified atom stereocenters. The molecule has 4 heteroatoms. The van der Waals surface area contributed by atoms with Crippen molar-refractivity contribution in [3.63, 3.8) is 0 Å². The molecule has 0 aromatic rings. The molecule has 0 aromatic carbocycles. The summed E-state index contributed by atoms with van der Waals surface area (Å²) in [6.07, 6.45) is 3.32. The minimum Gasteiger partial charge on any atom is -0.280 e. The smallest absolute Gasteiger partial charge is 0.0600 e. The average Bonchev–Trinajstić information content (AvgIpc) is 1.65. The van der Waals surface area contributed by atoms with Gasteiger partial charge >= 0.3 is 0 Å². The summed E-state index contributed by atoms with van der Waals surface area (Å²) in [5.41, 5.74) is 0. The van der Waals surface area contributed by atoms with Gasteiger partial charge in [0.2, 0.25) is 0 Å². The molecule has 1 heterocycles. The summed E-state index contributed by atoms with van der Waals surface area (Å²) in [6.45, 7) is 0. The van der Waals surface area contributed by atoms with Crippen molar-refractivity contribution in [2.24, 2.45) is 4.40 Å². The number of hydrogen-bond acceptors (Lipinski definition) is 3. The molecule has 8 heavy (non-hydrogen) atoms. The lowest BCUT2D eigenvalue weighted by Crippen LogP contribution is -2.04. The first-order chi connectivity index (χ1) is 3.71. The largest absolute Gasteiger partial charge is 0.280 e. The van der Waals surface area contributed by atoms with Gasteiger partial charge in [-0.1, -0.05) is 10.8 Å². The quantitative estimate of drug-likeness (QED) is 0.529. The zero-order chi connectivity index (χ0) is 6.04. The van der Waals surface area contributed by atoms with Crippen molar-refractivity contribution in [1.82, 2.24) is 0 Å². The molecule has 0 amide bonds. The third kappa shape index (κ3) is 1.47. The summed E-state index contributed by atoms with van der Waals surface area (Å²) in [6, 6.07) is 0. The van der Waals surface area contributed by atoms with Gasteiger partial charge in [0.05, 0.1) is 5.75 Å². The molecule has 0 atom stereocenters. The summed E-state index contributed by atoms with van der Waals surface area (Å²) in [7, 11) is -2.51. The Labute approximate surface area is 49.9 Å². The van der Waals surface area contributed by atoms with Crippen LogP contribution >= 0.6 is 10.8 Å². The fourth-order valence-corrected chi connectivity index (χ4v) is 1.60. The van der Waals surface area contributed by atoms with Gasteiger partial charge in [-0.25, -0.2) is 0 Å². The molecule has 0 saturated heterocycles. The van der Waals surface area contributed by atoms with E-state index in [2.05, 4.69) is 4.40 Å². The van der Waals surface area contributed by atoms with Gasteiger partial charge in [0, 0.05) is 6.21 Å². The molecular weight excluding hydrogens is 126 g/mol. The third-order valence-electron chi connectivity index (χ3n) is 0.995. The molecule has 2 N–H and O–H groups in total. The van der Waals surface area contributed by atoms with Gasteiger partial charge in [-0.2, -0.15) is 4.40 Å². The molecule has 48 valence electrons. The SMILES string of the molecule is OS1(O)CCCC=N1. The molecule has 3 nitrogen and oxygen atoms in total. The molecule has 0 radical (unpaired) electrons. The van der Waals surface area contributed by atoms with Crippen LogP contribution in [0.1, 0.15) is 12.8 Å². The molecule has 0 bridgehead atoms. The molecule has 0 aromatic heterocycles. The van der Waals surface area contributed by atoms with Crippen molar-refractivity contribution in [3.05, 3.63) is 0 Å². The van der Waals surface area contributed by atoms with E-state index in [0.717, 1.165) is 12.8 Å². The molecule has 0 saturated carbocycles. The van der Waals surface area contributed by atoms with Crippen LogP contribution in [0.25, 0.3) is 0 Å². The summed E-state index contributed by atoms with van der Waals surface area (Å²) in [5, 5.41) is 0. The lowest BCUT2D eigenvalue weighted by atomic mass is 10.4. The molecule has 0 fully saturated rings. The van der Waals surface area contributed by atoms with Crippen molar-refractivity contribution >= 4 is 17.0 Å². The molecule has 0 spiro atoms. The van der Waals surface area contributed by atoms with Crippen LogP contribution in [-0.2, 0) is 0 Å². The van der Waals surface area contributed by atoms with Crippen LogP contribution in [0.15, 0.2) is 4.40 Å². The van der Waals surface area contributed by atoms with E-state index in [4.69, 9.17) is 9.11 Å². The monoisotopic (exact) mass is 135 g/mol. The average molecular weight is 135 g/mol. The van der Waals surface area contributed by atoms with Gasteiger partial charge in [0.1, 0.15) is 0 Å². The maximum atomic E-state index is 8.82. The van der Waals surface area contributed by atoms with E-state index < -0.39 is 10.8 Å². The van der Waals surface area contributed by atoms with Crippen LogP contribution < -0.4 is 0 Å². The van der Waals surface area contributed by atoms with Crippen LogP contribution in [0.5, 0.6) is 0 Å². The minimum atomic E-state index is -2.51. The van der Waals surface area contributed by atoms with Gasteiger partial charge in [-0.15, -0.1) is 0 Å². The van der Waals surface area contributed by atoms with E-state index in [1.165, 1.54) is 0 Å². The van der Waals surface area contributed by atoms with Crippen LogP contribution in [0.2, 0.25) is 0 Å². The summed E-state index contributed by atoms with van der Waals surface area (Å²) in [4.78, 5) is 0. The fraction of sp³-hybridized carbons (Fsp3) is 0.750. The highest BCUT2D eigenvalue weighted by Gasteiger charge is 2.10. The Morgan fingerprint density at radius 1 is 1.50 bits per heavy atom. The van der Waals surface area contributed by atoms with Gasteiger partial charge < -0.3 is 0 Å². The maximum absolute atomic E-state index is 8.82. The lowest BCUT2D eigenvalue weighted by Gasteiger charge is -2.28. The van der Waals surface area contributed by atoms with Crippen LogP contribution in [-0.4, -0.2) is 21.1 Å². The van der Waals surface area contributed by atoms with Crippen molar-refractivity contribution in [2.75, 3.05) is 5.75 Å². The standard InChI is InChI=1S/C4H9NO2S/c6-8(7)4-2-1-3-5-8/h3,6-7H,1-2,4H2. The van der Waals surface area contributed by atoms with E-state index in [1.54, 1.807) is 6.21 Å². The van der Waals surface area contributed by atoms with Crippen molar-refractivity contribution in [2.45, 2.75) is 12.8 Å². The Morgan fingerprint density at radius 3 is 2.50 bits per heavy atom. The van der Waals surface area contributed by atoms with Crippen LogP contribution in [0.4, 0.5) is 0 Å². The topological polar surface area (TPSA) is 52.8 Å². The van der Waals surface area contributed by atoms with Crippen molar-refractivity contribution in [1.29, 1.82) is 0 Å². The second-order valence-electron chi connectivity index (χ2n) is 1.77. The zero-order valence-corrected chi connectivity index (χ0v) is 5.27. The van der Waals surface area contributed by atoms with Gasteiger partial charge in [0.25, 0.3) is 0 Å². The van der Waals surface area contributed by atoms with Crippen molar-refractivity contribution < 1.29 is 9.11 Å². The Balaban J connectivity index is 2.56. The number of hydrogen-bond donors (Lipinski definition) is 2. The second-order valence-corrected chi connectivity index (χ2v) is 3.65. The Kier molecular flexibility index (Phi) is 1.55. The second kappa shape index (κ2) is 2.05. The molecular formula is C4H9NO2S. The predicted molar refractivity (Wildman–Crippen MR) is 35.4 cm³/mol. The first-order valence-electron chi connectivity index (χ1n) is 2.50. The fourth-order valence-electron chi connectivity index (χ4n) is 0.593.